The van der Waals surface area contributed by atoms with Gasteiger partial charge in [-0.25, -0.2) is 9.97 Å². The second-order valence-electron chi connectivity index (χ2n) is 3.85. The quantitative estimate of drug-likeness (QED) is 0.687. The van der Waals surface area contributed by atoms with Gasteiger partial charge in [-0.2, -0.15) is 0 Å². The fourth-order valence-electron chi connectivity index (χ4n) is 1.91. The fourth-order valence-corrected chi connectivity index (χ4v) is 2.31. The number of rotatable bonds is 1. The minimum absolute atomic E-state index is 0.905. The highest BCUT2D eigenvalue weighted by Crippen LogP contribution is 2.24. The molecule has 17 heavy (non-hydrogen) atoms. The lowest BCUT2D eigenvalue weighted by Crippen LogP contribution is -1.93. The van der Waals surface area contributed by atoms with Gasteiger partial charge in [-0.15, -0.1) is 0 Å². The SMILES string of the molecule is Cn1c(-c2cccc(Br)c2)nc2cccnc21. The molecule has 0 amide bonds. The second-order valence-corrected chi connectivity index (χ2v) is 4.77. The van der Waals surface area contributed by atoms with Crippen molar-refractivity contribution < 1.29 is 0 Å². The topological polar surface area (TPSA) is 30.7 Å². The molecule has 2 aromatic heterocycles. The summed E-state index contributed by atoms with van der Waals surface area (Å²) in [6.45, 7) is 0. The summed E-state index contributed by atoms with van der Waals surface area (Å²) in [7, 11) is 1.98. The molecule has 0 aliphatic rings. The first-order chi connectivity index (χ1) is 8.25. The maximum Gasteiger partial charge on any atom is 0.159 e. The molecule has 0 bridgehead atoms. The number of halogens is 1. The Morgan fingerprint density at radius 2 is 2.06 bits per heavy atom. The summed E-state index contributed by atoms with van der Waals surface area (Å²) >= 11 is 3.48. The van der Waals surface area contributed by atoms with Crippen LogP contribution in [0.4, 0.5) is 0 Å². The number of imidazole rings is 1. The van der Waals surface area contributed by atoms with E-state index in [0.29, 0.717) is 0 Å². The van der Waals surface area contributed by atoms with E-state index in [-0.39, 0.29) is 0 Å². The molecule has 3 rings (SSSR count). The van der Waals surface area contributed by atoms with Crippen molar-refractivity contribution in [2.45, 2.75) is 0 Å². The molecule has 3 aromatic rings. The molecule has 0 unspecified atom stereocenters. The van der Waals surface area contributed by atoms with Gasteiger partial charge < -0.3 is 4.57 Å². The molecule has 0 atom stereocenters. The van der Waals surface area contributed by atoms with E-state index < -0.39 is 0 Å². The van der Waals surface area contributed by atoms with E-state index in [2.05, 4.69) is 32.0 Å². The molecule has 0 saturated heterocycles. The van der Waals surface area contributed by atoms with Crippen molar-refractivity contribution in [2.24, 2.45) is 7.05 Å². The average Bonchev–Trinajstić information content (AvgIpc) is 2.68. The lowest BCUT2D eigenvalue weighted by Gasteiger charge is -2.02. The number of hydrogen-bond acceptors (Lipinski definition) is 2. The summed E-state index contributed by atoms with van der Waals surface area (Å²) in [6, 6.07) is 12.0. The van der Waals surface area contributed by atoms with E-state index in [9.17, 15) is 0 Å². The summed E-state index contributed by atoms with van der Waals surface area (Å²) in [5.41, 5.74) is 2.91. The zero-order valence-electron chi connectivity index (χ0n) is 9.26. The first kappa shape index (κ1) is 10.5. The highest BCUT2D eigenvalue weighted by Gasteiger charge is 2.09. The minimum Gasteiger partial charge on any atom is -0.312 e. The minimum atomic E-state index is 0.905. The smallest absolute Gasteiger partial charge is 0.159 e. The van der Waals surface area contributed by atoms with Gasteiger partial charge in [-0.3, -0.25) is 0 Å². The summed E-state index contributed by atoms with van der Waals surface area (Å²) in [6.07, 6.45) is 1.79. The fraction of sp³-hybridized carbons (Fsp3) is 0.0769. The van der Waals surface area contributed by atoms with E-state index in [1.165, 1.54) is 0 Å². The van der Waals surface area contributed by atoms with E-state index in [0.717, 1.165) is 27.0 Å². The Morgan fingerprint density at radius 1 is 1.18 bits per heavy atom. The summed E-state index contributed by atoms with van der Waals surface area (Å²) in [5, 5.41) is 0. The van der Waals surface area contributed by atoms with Gasteiger partial charge in [0.1, 0.15) is 11.3 Å². The number of fused-ring (bicyclic) bond motifs is 1. The zero-order chi connectivity index (χ0) is 11.8. The molecule has 0 spiro atoms. The molecule has 0 fully saturated rings. The van der Waals surface area contributed by atoms with Crippen LogP contribution in [0.15, 0.2) is 47.1 Å². The molecule has 4 heteroatoms. The summed E-state index contributed by atoms with van der Waals surface area (Å²) < 4.78 is 3.06. The van der Waals surface area contributed by atoms with Crippen LogP contribution in [0.25, 0.3) is 22.6 Å². The van der Waals surface area contributed by atoms with Gasteiger partial charge in [0.05, 0.1) is 0 Å². The molecule has 1 aromatic carbocycles. The molecule has 0 N–H and O–H groups in total. The van der Waals surface area contributed by atoms with Crippen LogP contribution in [0.5, 0.6) is 0 Å². The summed E-state index contributed by atoms with van der Waals surface area (Å²) in [5.74, 6) is 0.931. The van der Waals surface area contributed by atoms with Crippen LogP contribution in [0, 0.1) is 0 Å². The standard InChI is InChI=1S/C13H10BrN3/c1-17-12(9-4-2-5-10(14)8-9)16-11-6-3-7-15-13(11)17/h2-8H,1H3. The molecule has 3 nitrogen and oxygen atoms in total. The largest absolute Gasteiger partial charge is 0.312 e. The van der Waals surface area contributed by atoms with Crippen LogP contribution in [0.2, 0.25) is 0 Å². The Balaban J connectivity index is 2.27. The third-order valence-corrected chi connectivity index (χ3v) is 3.20. The Labute approximate surface area is 107 Å². The molecule has 2 heterocycles. The Morgan fingerprint density at radius 3 is 2.82 bits per heavy atom. The van der Waals surface area contributed by atoms with E-state index in [4.69, 9.17) is 0 Å². The number of benzene rings is 1. The van der Waals surface area contributed by atoms with Crippen molar-refractivity contribution in [1.82, 2.24) is 14.5 Å². The van der Waals surface area contributed by atoms with Crippen molar-refractivity contribution in [2.75, 3.05) is 0 Å². The number of hydrogen-bond donors (Lipinski definition) is 0. The lowest BCUT2D eigenvalue weighted by molar-refractivity contribution is 0.942. The molecular weight excluding hydrogens is 278 g/mol. The van der Waals surface area contributed by atoms with Crippen LogP contribution in [0.1, 0.15) is 0 Å². The molecule has 0 aliphatic heterocycles. The number of nitrogens with zero attached hydrogens (tertiary/aromatic N) is 3. The van der Waals surface area contributed by atoms with Crippen molar-refractivity contribution in [3.05, 3.63) is 47.1 Å². The van der Waals surface area contributed by atoms with Crippen LogP contribution >= 0.6 is 15.9 Å². The van der Waals surface area contributed by atoms with Gasteiger partial charge in [-0.1, -0.05) is 28.1 Å². The van der Waals surface area contributed by atoms with Crippen molar-refractivity contribution in [3.63, 3.8) is 0 Å². The number of aromatic nitrogens is 3. The predicted molar refractivity (Wildman–Crippen MR) is 71.6 cm³/mol. The van der Waals surface area contributed by atoms with Gasteiger partial charge in [0.25, 0.3) is 0 Å². The van der Waals surface area contributed by atoms with Crippen molar-refractivity contribution >= 4 is 27.1 Å². The first-order valence-electron chi connectivity index (χ1n) is 5.29. The van der Waals surface area contributed by atoms with E-state index in [1.807, 2.05) is 41.9 Å². The van der Waals surface area contributed by atoms with Crippen molar-refractivity contribution in [1.29, 1.82) is 0 Å². The van der Waals surface area contributed by atoms with Crippen LogP contribution in [-0.2, 0) is 7.05 Å². The van der Waals surface area contributed by atoms with Gasteiger partial charge in [0, 0.05) is 23.3 Å². The van der Waals surface area contributed by atoms with Crippen LogP contribution in [-0.4, -0.2) is 14.5 Å². The van der Waals surface area contributed by atoms with Crippen molar-refractivity contribution in [3.8, 4) is 11.4 Å². The highest BCUT2D eigenvalue weighted by atomic mass is 79.9. The molecule has 0 radical (unpaired) electrons. The van der Waals surface area contributed by atoms with Gasteiger partial charge >= 0.3 is 0 Å². The molecule has 0 aliphatic carbocycles. The van der Waals surface area contributed by atoms with Crippen LogP contribution in [0.3, 0.4) is 0 Å². The maximum absolute atomic E-state index is 4.60. The molecular formula is C13H10BrN3. The third kappa shape index (κ3) is 1.74. The predicted octanol–water partition coefficient (Wildman–Crippen LogP) is 3.40. The average molecular weight is 288 g/mol. The second kappa shape index (κ2) is 3.96. The van der Waals surface area contributed by atoms with Gasteiger partial charge in [-0.05, 0) is 24.3 Å². The van der Waals surface area contributed by atoms with Gasteiger partial charge in [0.2, 0.25) is 0 Å². The summed E-state index contributed by atoms with van der Waals surface area (Å²) in [4.78, 5) is 8.94. The monoisotopic (exact) mass is 287 g/mol. The number of pyridine rings is 1. The maximum atomic E-state index is 4.60. The normalized spacial score (nSPS) is 10.9. The molecule has 84 valence electrons. The molecule has 0 saturated carbocycles. The number of aryl methyl sites for hydroxylation is 1. The van der Waals surface area contributed by atoms with Crippen LogP contribution < -0.4 is 0 Å². The first-order valence-corrected chi connectivity index (χ1v) is 6.08. The van der Waals surface area contributed by atoms with E-state index in [1.54, 1.807) is 6.20 Å². The highest BCUT2D eigenvalue weighted by molar-refractivity contribution is 9.10. The third-order valence-electron chi connectivity index (χ3n) is 2.71. The lowest BCUT2D eigenvalue weighted by atomic mass is 10.2. The van der Waals surface area contributed by atoms with Gasteiger partial charge in [0.15, 0.2) is 5.65 Å². The Hall–Kier alpha value is -1.68. The Bertz CT molecular complexity index is 688. The van der Waals surface area contributed by atoms with E-state index >= 15 is 0 Å². The zero-order valence-corrected chi connectivity index (χ0v) is 10.8. The Kier molecular flexibility index (Phi) is 2.44.